The zero-order chi connectivity index (χ0) is 20.3. The Balaban J connectivity index is 1.70. The first kappa shape index (κ1) is 19.9. The van der Waals surface area contributed by atoms with Gasteiger partial charge in [-0.2, -0.15) is 5.26 Å². The number of hydrogen-bond acceptors (Lipinski definition) is 8. The Morgan fingerprint density at radius 1 is 0.964 bits per heavy atom. The molecular formula is C20H19NO7. The lowest BCUT2D eigenvalue weighted by atomic mass is 9.99. The number of carbonyl (C=O) groups excluding carboxylic acids is 1. The van der Waals surface area contributed by atoms with Crippen LogP contribution in [-0.4, -0.2) is 63.5 Å². The van der Waals surface area contributed by atoms with Crippen LogP contribution in [0.1, 0.15) is 21.5 Å². The monoisotopic (exact) mass is 385 g/mol. The van der Waals surface area contributed by atoms with Gasteiger partial charge in [0.2, 0.25) is 6.29 Å². The minimum absolute atomic E-state index is 0.233. The van der Waals surface area contributed by atoms with E-state index in [-0.39, 0.29) is 11.5 Å². The molecule has 1 saturated heterocycles. The van der Waals surface area contributed by atoms with Gasteiger partial charge in [0.15, 0.2) is 5.78 Å². The Morgan fingerprint density at radius 3 is 2.07 bits per heavy atom. The maximum Gasteiger partial charge on any atom is 0.229 e. The van der Waals surface area contributed by atoms with Crippen molar-refractivity contribution in [2.24, 2.45) is 0 Å². The Kier molecular flexibility index (Phi) is 6.04. The SMILES string of the molecule is N#Cc1ccc(C(=O)c2ccc(O[C@H]3O[C@H](CO)[C@@H](O)[C@H](O)[C@@H]3O)cc2)cc1. The molecule has 3 rings (SSSR count). The lowest BCUT2D eigenvalue weighted by Gasteiger charge is -2.39. The molecule has 8 heteroatoms. The number of benzene rings is 2. The third kappa shape index (κ3) is 4.04. The highest BCUT2D eigenvalue weighted by Crippen LogP contribution is 2.25. The van der Waals surface area contributed by atoms with Crippen molar-refractivity contribution in [2.75, 3.05) is 6.61 Å². The van der Waals surface area contributed by atoms with E-state index in [9.17, 15) is 25.2 Å². The molecule has 0 unspecified atom stereocenters. The summed E-state index contributed by atoms with van der Waals surface area (Å²) in [4.78, 5) is 12.5. The third-order valence-electron chi connectivity index (χ3n) is 4.49. The summed E-state index contributed by atoms with van der Waals surface area (Å²) in [5.41, 5.74) is 1.28. The van der Waals surface area contributed by atoms with Crippen molar-refractivity contribution in [2.45, 2.75) is 30.7 Å². The molecule has 4 N–H and O–H groups in total. The summed E-state index contributed by atoms with van der Waals surface area (Å²) >= 11 is 0. The fourth-order valence-corrected chi connectivity index (χ4v) is 2.85. The lowest BCUT2D eigenvalue weighted by Crippen LogP contribution is -2.60. The van der Waals surface area contributed by atoms with E-state index in [1.165, 1.54) is 24.3 Å². The molecule has 1 aliphatic heterocycles. The van der Waals surface area contributed by atoms with Crippen LogP contribution < -0.4 is 4.74 Å². The quantitative estimate of drug-likeness (QED) is 0.526. The van der Waals surface area contributed by atoms with Gasteiger partial charge in [-0.3, -0.25) is 4.79 Å². The largest absolute Gasteiger partial charge is 0.462 e. The van der Waals surface area contributed by atoms with Crippen molar-refractivity contribution in [3.05, 3.63) is 65.2 Å². The van der Waals surface area contributed by atoms with Gasteiger partial charge in [0.1, 0.15) is 30.2 Å². The summed E-state index contributed by atoms with van der Waals surface area (Å²) in [6.45, 7) is -0.553. The average molecular weight is 385 g/mol. The van der Waals surface area contributed by atoms with Crippen LogP contribution in [0.2, 0.25) is 0 Å². The minimum atomic E-state index is -1.53. The number of aliphatic hydroxyl groups excluding tert-OH is 4. The molecule has 28 heavy (non-hydrogen) atoms. The smallest absolute Gasteiger partial charge is 0.229 e. The standard InChI is InChI=1S/C20H19NO7/c21-9-11-1-3-12(4-2-11)16(23)13-5-7-14(8-6-13)27-20-19(26)18(25)17(24)15(10-22)28-20/h1-8,15,17-20,22,24-26H,10H2/t15-,17-,18+,19+,20+/m1/s1. The molecular weight excluding hydrogens is 366 g/mol. The van der Waals surface area contributed by atoms with Gasteiger partial charge in [-0.15, -0.1) is 0 Å². The van der Waals surface area contributed by atoms with E-state index < -0.39 is 37.3 Å². The molecule has 0 spiro atoms. The van der Waals surface area contributed by atoms with Gasteiger partial charge < -0.3 is 29.9 Å². The minimum Gasteiger partial charge on any atom is -0.462 e. The van der Waals surface area contributed by atoms with Gasteiger partial charge in [0, 0.05) is 11.1 Å². The van der Waals surface area contributed by atoms with Crippen molar-refractivity contribution >= 4 is 5.78 Å². The summed E-state index contributed by atoms with van der Waals surface area (Å²) in [7, 11) is 0. The number of rotatable bonds is 5. The molecule has 5 atom stereocenters. The highest BCUT2D eigenvalue weighted by atomic mass is 16.7. The van der Waals surface area contributed by atoms with Crippen LogP contribution in [0.4, 0.5) is 0 Å². The first-order chi connectivity index (χ1) is 13.4. The van der Waals surface area contributed by atoms with Crippen LogP contribution in [0.15, 0.2) is 48.5 Å². The highest BCUT2D eigenvalue weighted by Gasteiger charge is 2.44. The lowest BCUT2D eigenvalue weighted by molar-refractivity contribution is -0.277. The normalized spacial score (nSPS) is 27.0. The summed E-state index contributed by atoms with van der Waals surface area (Å²) in [6, 6.07) is 14.3. The molecule has 1 aliphatic rings. The Bertz CT molecular complexity index is 858. The van der Waals surface area contributed by atoms with E-state index in [4.69, 9.17) is 14.7 Å². The van der Waals surface area contributed by atoms with Crippen LogP contribution in [-0.2, 0) is 4.74 Å². The number of aliphatic hydroxyl groups is 4. The fourth-order valence-electron chi connectivity index (χ4n) is 2.85. The van der Waals surface area contributed by atoms with Gasteiger partial charge in [-0.1, -0.05) is 0 Å². The summed E-state index contributed by atoms with van der Waals surface area (Å²) in [5, 5.41) is 47.6. The molecule has 2 aromatic rings. The average Bonchev–Trinajstić information content (AvgIpc) is 2.74. The van der Waals surface area contributed by atoms with Gasteiger partial charge in [-0.05, 0) is 48.5 Å². The number of hydrogen-bond donors (Lipinski definition) is 4. The van der Waals surface area contributed by atoms with Crippen LogP contribution in [0.3, 0.4) is 0 Å². The molecule has 1 fully saturated rings. The topological polar surface area (TPSA) is 140 Å². The van der Waals surface area contributed by atoms with Crippen molar-refractivity contribution < 1.29 is 34.7 Å². The van der Waals surface area contributed by atoms with E-state index in [0.29, 0.717) is 16.7 Å². The summed E-state index contributed by atoms with van der Waals surface area (Å²) < 4.78 is 10.8. The van der Waals surface area contributed by atoms with Gasteiger partial charge in [-0.25, -0.2) is 0 Å². The predicted octanol–water partition coefficient (Wildman–Crippen LogP) is -0.0320. The van der Waals surface area contributed by atoms with E-state index in [1.807, 2.05) is 6.07 Å². The van der Waals surface area contributed by atoms with Crippen LogP contribution >= 0.6 is 0 Å². The van der Waals surface area contributed by atoms with Gasteiger partial charge in [0.25, 0.3) is 0 Å². The highest BCUT2D eigenvalue weighted by molar-refractivity contribution is 6.09. The second-order valence-corrected chi connectivity index (χ2v) is 6.36. The van der Waals surface area contributed by atoms with E-state index >= 15 is 0 Å². The number of ether oxygens (including phenoxy) is 2. The first-order valence-electron chi connectivity index (χ1n) is 8.56. The maximum atomic E-state index is 12.5. The molecule has 1 heterocycles. The fraction of sp³-hybridized carbons (Fsp3) is 0.300. The van der Waals surface area contributed by atoms with Crippen molar-refractivity contribution in [3.63, 3.8) is 0 Å². The molecule has 8 nitrogen and oxygen atoms in total. The molecule has 0 radical (unpaired) electrons. The van der Waals surface area contributed by atoms with E-state index in [0.717, 1.165) is 0 Å². The van der Waals surface area contributed by atoms with E-state index in [1.54, 1.807) is 24.3 Å². The Morgan fingerprint density at radius 2 is 1.54 bits per heavy atom. The molecule has 146 valence electrons. The van der Waals surface area contributed by atoms with Crippen molar-refractivity contribution in [1.82, 2.24) is 0 Å². The van der Waals surface area contributed by atoms with Crippen molar-refractivity contribution in [1.29, 1.82) is 5.26 Å². The molecule has 0 bridgehead atoms. The van der Waals surface area contributed by atoms with Crippen LogP contribution in [0.5, 0.6) is 5.75 Å². The Labute approximate surface area is 160 Å². The maximum absolute atomic E-state index is 12.5. The van der Waals surface area contributed by atoms with E-state index in [2.05, 4.69) is 0 Å². The first-order valence-corrected chi connectivity index (χ1v) is 8.56. The second kappa shape index (κ2) is 8.48. The van der Waals surface area contributed by atoms with Gasteiger partial charge >= 0.3 is 0 Å². The molecule has 2 aromatic carbocycles. The summed E-state index contributed by atoms with van der Waals surface area (Å²) in [6.07, 6.45) is -6.88. The Hall–Kier alpha value is -2.80. The van der Waals surface area contributed by atoms with Gasteiger partial charge in [0.05, 0.1) is 18.2 Å². The summed E-state index contributed by atoms with van der Waals surface area (Å²) in [5.74, 6) is 0.0320. The van der Waals surface area contributed by atoms with Crippen LogP contribution in [0.25, 0.3) is 0 Å². The predicted molar refractivity (Wildman–Crippen MR) is 95.4 cm³/mol. The molecule has 0 aliphatic carbocycles. The van der Waals surface area contributed by atoms with Crippen LogP contribution in [0, 0.1) is 11.3 Å². The number of ketones is 1. The third-order valence-corrected chi connectivity index (χ3v) is 4.49. The molecule has 0 aromatic heterocycles. The molecule has 0 amide bonds. The molecule has 0 saturated carbocycles. The zero-order valence-corrected chi connectivity index (χ0v) is 14.7. The van der Waals surface area contributed by atoms with Crippen molar-refractivity contribution in [3.8, 4) is 11.8 Å². The zero-order valence-electron chi connectivity index (χ0n) is 14.7. The second-order valence-electron chi connectivity index (χ2n) is 6.36. The number of nitriles is 1. The number of carbonyl (C=O) groups is 1. The number of nitrogens with zero attached hydrogens (tertiary/aromatic N) is 1.